The first-order valence-electron chi connectivity index (χ1n) is 1.75. The van der Waals surface area contributed by atoms with Crippen molar-refractivity contribution in [2.24, 2.45) is 0 Å². The average Bonchev–Trinajstić information content (AvgIpc) is 0.722. The molecule has 0 spiro atoms. The molecule has 31 valence electrons. The van der Waals surface area contributed by atoms with Crippen molar-refractivity contribution in [1.29, 1.82) is 0 Å². The summed E-state index contributed by atoms with van der Waals surface area (Å²) in [5.41, 5.74) is 0. The first-order valence-corrected chi connectivity index (χ1v) is 11.7. The molecule has 0 amide bonds. The zero-order chi connectivity index (χ0) is 4.50. The molecule has 0 aromatic rings. The van der Waals surface area contributed by atoms with Crippen LogP contribution in [0.4, 0.5) is 0 Å². The van der Waals surface area contributed by atoms with Crippen LogP contribution in [0, 0.1) is 0 Å². The summed E-state index contributed by atoms with van der Waals surface area (Å²) in [5.74, 6) is 0. The normalized spacial score (nSPS) is 12.0. The number of hydrogen-bond donors (Lipinski definition) is 0. The molecule has 0 saturated carbocycles. The van der Waals surface area contributed by atoms with E-state index in [0.29, 0.717) is 0 Å². The number of nitrogens with one attached hydrogen (secondary N) is 1. The standard InChI is InChI=1S/3CH3.HN.Sn/h3*1H3;1H;. The zero-order valence-electron chi connectivity index (χ0n) is 4.00. The van der Waals surface area contributed by atoms with Crippen molar-refractivity contribution in [2.75, 3.05) is 0 Å². The molecular formula is C3H10NSn. The second-order valence-electron chi connectivity index (χ2n) is 2.25. The van der Waals surface area contributed by atoms with E-state index in [4.69, 9.17) is 3.96 Å². The Hall–Kier alpha value is 0.759. The van der Waals surface area contributed by atoms with Gasteiger partial charge in [0, 0.05) is 0 Å². The van der Waals surface area contributed by atoms with Crippen molar-refractivity contribution in [1.82, 2.24) is 3.96 Å². The van der Waals surface area contributed by atoms with Gasteiger partial charge in [-0.25, -0.2) is 0 Å². The van der Waals surface area contributed by atoms with Crippen LogP contribution in [-0.2, 0) is 0 Å². The summed E-state index contributed by atoms with van der Waals surface area (Å²) >= 11 is -1.93. The zero-order valence-corrected chi connectivity index (χ0v) is 6.85. The molecule has 5 heavy (non-hydrogen) atoms. The van der Waals surface area contributed by atoms with E-state index in [1.54, 1.807) is 0 Å². The second kappa shape index (κ2) is 1.47. The van der Waals surface area contributed by atoms with Gasteiger partial charge in [0.2, 0.25) is 0 Å². The van der Waals surface area contributed by atoms with Crippen LogP contribution in [0.5, 0.6) is 0 Å². The van der Waals surface area contributed by atoms with Gasteiger partial charge in [0.1, 0.15) is 0 Å². The number of hydrogen-bond acceptors (Lipinski definition) is 0. The molecule has 0 unspecified atom stereocenters. The van der Waals surface area contributed by atoms with Crippen molar-refractivity contribution in [3.63, 3.8) is 0 Å². The molecular weight excluding hydrogens is 169 g/mol. The van der Waals surface area contributed by atoms with Gasteiger partial charge in [0.15, 0.2) is 0 Å². The SMILES string of the molecule is [CH3][Sn]([CH3])([CH3])[NH]. The molecule has 1 N–H and O–H groups in total. The quantitative estimate of drug-likeness (QED) is 0.497. The van der Waals surface area contributed by atoms with E-state index >= 15 is 0 Å². The van der Waals surface area contributed by atoms with Crippen LogP contribution in [0.1, 0.15) is 0 Å². The van der Waals surface area contributed by atoms with E-state index in [1.807, 2.05) is 0 Å². The van der Waals surface area contributed by atoms with Crippen LogP contribution in [-0.4, -0.2) is 18.7 Å². The maximum absolute atomic E-state index is 7.15. The van der Waals surface area contributed by atoms with Gasteiger partial charge in [-0.05, 0) is 0 Å². The molecule has 0 bridgehead atoms. The molecule has 2 heteroatoms. The summed E-state index contributed by atoms with van der Waals surface area (Å²) < 4.78 is 7.15. The Labute approximate surface area is 37.8 Å². The van der Waals surface area contributed by atoms with Gasteiger partial charge in [-0.1, -0.05) is 0 Å². The van der Waals surface area contributed by atoms with Crippen molar-refractivity contribution in [2.45, 2.75) is 14.8 Å². The second-order valence-corrected chi connectivity index (χ2v) is 15.1. The summed E-state index contributed by atoms with van der Waals surface area (Å²) in [4.78, 5) is 6.19. The van der Waals surface area contributed by atoms with E-state index in [2.05, 4.69) is 14.8 Å². The van der Waals surface area contributed by atoms with Gasteiger partial charge < -0.3 is 0 Å². The van der Waals surface area contributed by atoms with Gasteiger partial charge in [-0.15, -0.1) is 0 Å². The molecule has 0 saturated heterocycles. The van der Waals surface area contributed by atoms with Crippen LogP contribution in [0.25, 0.3) is 0 Å². The maximum atomic E-state index is 7.15. The Morgan fingerprint density at radius 1 is 1.20 bits per heavy atom. The summed E-state index contributed by atoms with van der Waals surface area (Å²) in [6, 6.07) is 0. The third-order valence-corrected chi connectivity index (χ3v) is 0. The Kier molecular flexibility index (Phi) is 1.70. The Bertz CT molecular complexity index is 22.4. The molecule has 0 aliphatic heterocycles. The molecule has 0 rings (SSSR count). The van der Waals surface area contributed by atoms with Gasteiger partial charge in [-0.2, -0.15) is 0 Å². The minimum absolute atomic E-state index is 1.93. The Morgan fingerprint density at radius 3 is 1.20 bits per heavy atom. The molecule has 0 atom stereocenters. The van der Waals surface area contributed by atoms with Gasteiger partial charge in [0.05, 0.1) is 0 Å². The van der Waals surface area contributed by atoms with Gasteiger partial charge >= 0.3 is 37.4 Å². The van der Waals surface area contributed by atoms with Crippen LogP contribution in [0.15, 0.2) is 0 Å². The van der Waals surface area contributed by atoms with Gasteiger partial charge in [0.25, 0.3) is 0 Å². The van der Waals surface area contributed by atoms with Crippen molar-refractivity contribution < 1.29 is 0 Å². The molecule has 0 aromatic heterocycles. The first-order chi connectivity index (χ1) is 2.00. The summed E-state index contributed by atoms with van der Waals surface area (Å²) in [6.07, 6.45) is 0. The van der Waals surface area contributed by atoms with E-state index in [1.165, 1.54) is 0 Å². The van der Waals surface area contributed by atoms with E-state index < -0.39 is 18.7 Å². The topological polar surface area (TPSA) is 23.8 Å². The van der Waals surface area contributed by atoms with Gasteiger partial charge in [-0.3, -0.25) is 0 Å². The molecule has 0 heterocycles. The van der Waals surface area contributed by atoms with Crippen molar-refractivity contribution in [3.8, 4) is 0 Å². The summed E-state index contributed by atoms with van der Waals surface area (Å²) in [5, 5.41) is 0. The summed E-state index contributed by atoms with van der Waals surface area (Å²) in [6.45, 7) is 0. The van der Waals surface area contributed by atoms with E-state index in [-0.39, 0.29) is 0 Å². The number of rotatable bonds is 0. The predicted molar refractivity (Wildman–Crippen MR) is 26.4 cm³/mol. The fourth-order valence-electron chi connectivity index (χ4n) is 0. The van der Waals surface area contributed by atoms with Crippen molar-refractivity contribution >= 4 is 18.7 Å². The predicted octanol–water partition coefficient (Wildman–Crippen LogP) is 1.10. The van der Waals surface area contributed by atoms with E-state index in [0.717, 1.165) is 0 Å². The molecule has 0 aliphatic rings. The Morgan fingerprint density at radius 2 is 1.20 bits per heavy atom. The Balaban J connectivity index is 3.02. The molecule has 0 fully saturated rings. The third kappa shape index (κ3) is 62.9. The van der Waals surface area contributed by atoms with Crippen LogP contribution in [0.2, 0.25) is 14.8 Å². The summed E-state index contributed by atoms with van der Waals surface area (Å²) in [7, 11) is 0. The fraction of sp³-hybridized carbons (Fsp3) is 1.00. The molecule has 0 aliphatic carbocycles. The minimum atomic E-state index is -1.93. The van der Waals surface area contributed by atoms with Crippen LogP contribution in [0.3, 0.4) is 0 Å². The molecule has 1 radical (unpaired) electrons. The third-order valence-electron chi connectivity index (χ3n) is 0. The monoisotopic (exact) mass is 180 g/mol. The van der Waals surface area contributed by atoms with Crippen LogP contribution >= 0.6 is 0 Å². The molecule has 0 aromatic carbocycles. The van der Waals surface area contributed by atoms with E-state index in [9.17, 15) is 0 Å². The first kappa shape index (κ1) is 5.76. The average molecular weight is 179 g/mol. The fourth-order valence-corrected chi connectivity index (χ4v) is 0. The van der Waals surface area contributed by atoms with Crippen LogP contribution < -0.4 is 3.96 Å². The van der Waals surface area contributed by atoms with Crippen molar-refractivity contribution in [3.05, 3.63) is 0 Å². The molecule has 1 nitrogen and oxygen atoms in total.